The van der Waals surface area contributed by atoms with Gasteiger partial charge in [0.2, 0.25) is 0 Å². The summed E-state index contributed by atoms with van der Waals surface area (Å²) in [6.07, 6.45) is 0.749. The Hall–Kier alpha value is -2.09. The number of hydrogen-bond donors (Lipinski definition) is 2. The van der Waals surface area contributed by atoms with Crippen LogP contribution in [0.15, 0.2) is 59.6 Å². The number of rotatable bonds is 5. The van der Waals surface area contributed by atoms with Crippen molar-refractivity contribution in [1.29, 1.82) is 0 Å². The van der Waals surface area contributed by atoms with Gasteiger partial charge in [0, 0.05) is 12.2 Å². The highest BCUT2D eigenvalue weighted by atomic mass is 127. The molecule has 0 aliphatic rings. The van der Waals surface area contributed by atoms with Crippen molar-refractivity contribution in [3.8, 4) is 0 Å². The Bertz CT molecular complexity index is 643. The van der Waals surface area contributed by atoms with Gasteiger partial charge in [0.25, 0.3) is 0 Å². The van der Waals surface area contributed by atoms with Crippen molar-refractivity contribution in [2.24, 2.45) is 10.7 Å². The molecule has 0 radical (unpaired) electrons. The number of nitrogens with two attached hydrogens (primary N) is 1. The molecule has 0 spiro atoms. The van der Waals surface area contributed by atoms with E-state index < -0.39 is 0 Å². The monoisotopic (exact) mass is 425 g/mol. The lowest BCUT2D eigenvalue weighted by molar-refractivity contribution is 0.0600. The number of benzene rings is 2. The van der Waals surface area contributed by atoms with Crippen molar-refractivity contribution in [3.63, 3.8) is 0 Å². The van der Waals surface area contributed by atoms with Gasteiger partial charge in [-0.3, -0.25) is 4.99 Å². The maximum Gasteiger partial charge on any atom is 0.337 e. The molecule has 0 bridgehead atoms. The number of methoxy groups -OCH3 is 1. The Balaban J connectivity index is 0.00000264. The highest BCUT2D eigenvalue weighted by Gasteiger charge is 2.04. The predicted octanol–water partition coefficient (Wildman–Crippen LogP) is 3.06. The van der Waals surface area contributed by atoms with Crippen molar-refractivity contribution in [2.45, 2.75) is 6.42 Å². The van der Waals surface area contributed by atoms with Crippen LogP contribution in [0.3, 0.4) is 0 Å². The summed E-state index contributed by atoms with van der Waals surface area (Å²) in [5, 5.41) is 3.03. The van der Waals surface area contributed by atoms with Gasteiger partial charge in [0.05, 0.1) is 12.7 Å². The summed E-state index contributed by atoms with van der Waals surface area (Å²) in [6.45, 7) is 0.573. The molecule has 3 N–H and O–H groups in total. The summed E-state index contributed by atoms with van der Waals surface area (Å²) < 4.78 is 4.66. The zero-order valence-corrected chi connectivity index (χ0v) is 15.2. The van der Waals surface area contributed by atoms with Crippen LogP contribution < -0.4 is 11.1 Å². The molecule has 2 rings (SSSR count). The summed E-state index contributed by atoms with van der Waals surface area (Å²) in [4.78, 5) is 15.6. The molecule has 5 nitrogen and oxygen atoms in total. The highest BCUT2D eigenvalue weighted by Crippen LogP contribution is 2.07. The van der Waals surface area contributed by atoms with Crippen LogP contribution >= 0.6 is 24.0 Å². The molecule has 0 saturated heterocycles. The summed E-state index contributed by atoms with van der Waals surface area (Å²) in [5.74, 6) is 0.0539. The minimum absolute atomic E-state index is 0. The van der Waals surface area contributed by atoms with E-state index in [1.54, 1.807) is 12.1 Å². The van der Waals surface area contributed by atoms with Gasteiger partial charge in [-0.15, -0.1) is 24.0 Å². The Morgan fingerprint density at radius 3 is 2.39 bits per heavy atom. The topological polar surface area (TPSA) is 76.7 Å². The van der Waals surface area contributed by atoms with Gasteiger partial charge < -0.3 is 15.8 Å². The van der Waals surface area contributed by atoms with Crippen LogP contribution in [0.5, 0.6) is 0 Å². The maximum absolute atomic E-state index is 11.3. The molecule has 23 heavy (non-hydrogen) atoms. The standard InChI is InChI=1S/C17H19N3O2.HI/c1-22-16(21)14-9-7-13(8-10-14)11-12-19-17(18)20-15-5-3-2-4-6-15;/h2-10H,11-12H2,1H3,(H3,18,19,20);1H. The third-order valence-electron chi connectivity index (χ3n) is 3.10. The van der Waals surface area contributed by atoms with Crippen molar-refractivity contribution >= 4 is 41.6 Å². The summed E-state index contributed by atoms with van der Waals surface area (Å²) in [6, 6.07) is 16.9. The Morgan fingerprint density at radius 1 is 1.13 bits per heavy atom. The van der Waals surface area contributed by atoms with Gasteiger partial charge in [0.1, 0.15) is 0 Å². The van der Waals surface area contributed by atoms with Gasteiger partial charge in [-0.05, 0) is 36.2 Å². The average Bonchev–Trinajstić information content (AvgIpc) is 2.55. The van der Waals surface area contributed by atoms with Crippen LogP contribution in [0.4, 0.5) is 5.69 Å². The number of carbonyl (C=O) groups excluding carboxylic acids is 1. The lowest BCUT2D eigenvalue weighted by Crippen LogP contribution is -2.23. The first kappa shape index (κ1) is 19.0. The molecule has 2 aromatic rings. The quantitative estimate of drug-likeness (QED) is 0.334. The minimum Gasteiger partial charge on any atom is -0.465 e. The Labute approximate surface area is 153 Å². The fourth-order valence-corrected chi connectivity index (χ4v) is 1.94. The number of nitrogens with zero attached hydrogens (tertiary/aromatic N) is 1. The summed E-state index contributed by atoms with van der Waals surface area (Å²) in [7, 11) is 1.37. The molecule has 2 aromatic carbocycles. The number of nitrogens with one attached hydrogen (secondary N) is 1. The molecule has 0 atom stereocenters. The van der Waals surface area contributed by atoms with E-state index in [1.807, 2.05) is 42.5 Å². The van der Waals surface area contributed by atoms with Crippen LogP contribution in [0.25, 0.3) is 0 Å². The van der Waals surface area contributed by atoms with E-state index in [1.165, 1.54) is 7.11 Å². The van der Waals surface area contributed by atoms with E-state index >= 15 is 0 Å². The number of carbonyl (C=O) groups is 1. The highest BCUT2D eigenvalue weighted by molar-refractivity contribution is 14.0. The molecule has 0 aliphatic heterocycles. The predicted molar refractivity (Wildman–Crippen MR) is 103 cm³/mol. The molecule has 0 aromatic heterocycles. The van der Waals surface area contributed by atoms with Crippen LogP contribution in [0.2, 0.25) is 0 Å². The molecule has 0 heterocycles. The van der Waals surface area contributed by atoms with E-state index in [4.69, 9.17) is 5.73 Å². The first-order chi connectivity index (χ1) is 10.7. The van der Waals surface area contributed by atoms with E-state index in [0.717, 1.165) is 17.7 Å². The van der Waals surface area contributed by atoms with Crippen LogP contribution in [0, 0.1) is 0 Å². The normalized spacial score (nSPS) is 10.6. The lowest BCUT2D eigenvalue weighted by Gasteiger charge is -2.05. The first-order valence-corrected chi connectivity index (χ1v) is 6.98. The zero-order valence-electron chi connectivity index (χ0n) is 12.9. The first-order valence-electron chi connectivity index (χ1n) is 6.98. The number of anilines is 1. The molecule has 0 aliphatic carbocycles. The fraction of sp³-hybridized carbons (Fsp3) is 0.176. The smallest absolute Gasteiger partial charge is 0.337 e. The Kier molecular flexibility index (Phi) is 8.10. The number of aliphatic imine (C=N–C) groups is 1. The number of esters is 1. The van der Waals surface area contributed by atoms with Gasteiger partial charge in [-0.25, -0.2) is 4.79 Å². The molecular weight excluding hydrogens is 405 g/mol. The van der Waals surface area contributed by atoms with Crippen LogP contribution in [0.1, 0.15) is 15.9 Å². The molecule has 122 valence electrons. The maximum atomic E-state index is 11.3. The van der Waals surface area contributed by atoms with Gasteiger partial charge in [-0.1, -0.05) is 30.3 Å². The number of guanidine groups is 1. The molecular formula is C17H20IN3O2. The van der Waals surface area contributed by atoms with E-state index in [0.29, 0.717) is 18.1 Å². The van der Waals surface area contributed by atoms with Crippen molar-refractivity contribution in [2.75, 3.05) is 19.0 Å². The molecule has 0 unspecified atom stereocenters. The number of ether oxygens (including phenoxy) is 1. The zero-order chi connectivity index (χ0) is 15.8. The van der Waals surface area contributed by atoms with Crippen LogP contribution in [-0.4, -0.2) is 25.6 Å². The fourth-order valence-electron chi connectivity index (χ4n) is 1.94. The van der Waals surface area contributed by atoms with Gasteiger partial charge >= 0.3 is 5.97 Å². The second kappa shape index (κ2) is 9.83. The van der Waals surface area contributed by atoms with Crippen LogP contribution in [-0.2, 0) is 11.2 Å². The molecule has 0 fully saturated rings. The Morgan fingerprint density at radius 2 is 1.78 bits per heavy atom. The van der Waals surface area contributed by atoms with Gasteiger partial charge in [-0.2, -0.15) is 0 Å². The number of hydrogen-bond acceptors (Lipinski definition) is 3. The summed E-state index contributed by atoms with van der Waals surface area (Å²) in [5.41, 5.74) is 8.37. The van der Waals surface area contributed by atoms with E-state index in [-0.39, 0.29) is 29.9 Å². The molecule has 0 amide bonds. The van der Waals surface area contributed by atoms with Crippen molar-refractivity contribution in [1.82, 2.24) is 0 Å². The lowest BCUT2D eigenvalue weighted by atomic mass is 10.1. The second-order valence-electron chi connectivity index (χ2n) is 4.70. The average molecular weight is 425 g/mol. The minimum atomic E-state index is -0.333. The number of halogens is 1. The number of para-hydroxylation sites is 1. The molecule has 6 heteroatoms. The summed E-state index contributed by atoms with van der Waals surface area (Å²) >= 11 is 0. The third kappa shape index (κ3) is 6.27. The van der Waals surface area contributed by atoms with Gasteiger partial charge in [0.15, 0.2) is 5.96 Å². The van der Waals surface area contributed by atoms with Crippen molar-refractivity contribution in [3.05, 3.63) is 65.7 Å². The SMILES string of the molecule is COC(=O)c1ccc(CCN=C(N)Nc2ccccc2)cc1.I. The van der Waals surface area contributed by atoms with E-state index in [9.17, 15) is 4.79 Å². The third-order valence-corrected chi connectivity index (χ3v) is 3.10. The van der Waals surface area contributed by atoms with Crippen molar-refractivity contribution < 1.29 is 9.53 Å². The largest absolute Gasteiger partial charge is 0.465 e. The molecule has 0 saturated carbocycles. The second-order valence-corrected chi connectivity index (χ2v) is 4.70. The van der Waals surface area contributed by atoms with E-state index in [2.05, 4.69) is 15.0 Å².